The Bertz CT molecular complexity index is 868. The Hall–Kier alpha value is -2.18. The van der Waals surface area contributed by atoms with Gasteiger partial charge in [0.2, 0.25) is 0 Å². The van der Waals surface area contributed by atoms with E-state index in [1.165, 1.54) is 18.4 Å². The number of carbonyl (C=O) groups is 1. The molecular weight excluding hydrogens is 376 g/mol. The summed E-state index contributed by atoms with van der Waals surface area (Å²) in [6.45, 7) is 3.38. The number of benzene rings is 1. The molecular formula is C24H32N4O2. The van der Waals surface area contributed by atoms with Gasteiger partial charge in [-0.25, -0.2) is 4.98 Å². The Labute approximate surface area is 178 Å². The second kappa shape index (κ2) is 8.16. The van der Waals surface area contributed by atoms with Gasteiger partial charge in [0, 0.05) is 51.6 Å². The lowest BCUT2D eigenvalue weighted by molar-refractivity contribution is -0.131. The van der Waals surface area contributed by atoms with E-state index in [-0.39, 0.29) is 11.5 Å². The summed E-state index contributed by atoms with van der Waals surface area (Å²) in [7, 11) is 1.89. The van der Waals surface area contributed by atoms with Gasteiger partial charge >= 0.3 is 0 Å². The van der Waals surface area contributed by atoms with Crippen molar-refractivity contribution in [3.05, 3.63) is 54.1 Å². The van der Waals surface area contributed by atoms with Gasteiger partial charge in [0.05, 0.1) is 11.9 Å². The fourth-order valence-corrected chi connectivity index (χ4v) is 5.19. The maximum absolute atomic E-state index is 12.8. The molecule has 1 amide bonds. The number of nitrogens with zero attached hydrogens (tertiary/aromatic N) is 4. The van der Waals surface area contributed by atoms with Crippen molar-refractivity contribution in [1.29, 1.82) is 0 Å². The van der Waals surface area contributed by atoms with Crippen LogP contribution in [0.2, 0.25) is 0 Å². The van der Waals surface area contributed by atoms with E-state index in [4.69, 9.17) is 4.74 Å². The molecule has 2 aromatic rings. The highest BCUT2D eigenvalue weighted by molar-refractivity contribution is 5.92. The number of ether oxygens (including phenoxy) is 1. The standard InChI is InChI=1S/C24H32N4O2/c1-26-17-22(25-18-26)23(29)27-12-10-24(11-13-27)15-21(9-14-30-24)28(20-7-8-20)16-19-5-3-2-4-6-19/h2-6,17-18,20-21H,7-16H2,1H3. The van der Waals surface area contributed by atoms with Gasteiger partial charge in [-0.3, -0.25) is 9.69 Å². The molecule has 1 aromatic heterocycles. The van der Waals surface area contributed by atoms with E-state index in [0.29, 0.717) is 11.7 Å². The number of aryl methyl sites for hydroxylation is 1. The number of aromatic nitrogens is 2. The first-order chi connectivity index (χ1) is 14.6. The number of imidazole rings is 1. The second-order valence-electron chi connectivity index (χ2n) is 9.28. The largest absolute Gasteiger partial charge is 0.375 e. The fraction of sp³-hybridized carbons (Fsp3) is 0.583. The molecule has 2 saturated heterocycles. The Balaban J connectivity index is 1.23. The van der Waals surface area contributed by atoms with Crippen molar-refractivity contribution < 1.29 is 9.53 Å². The van der Waals surface area contributed by atoms with Crippen molar-refractivity contribution in [2.24, 2.45) is 7.05 Å². The van der Waals surface area contributed by atoms with Crippen LogP contribution in [0, 0.1) is 0 Å². The second-order valence-corrected chi connectivity index (χ2v) is 9.28. The van der Waals surface area contributed by atoms with Gasteiger partial charge in [0.25, 0.3) is 5.91 Å². The van der Waals surface area contributed by atoms with E-state index in [1.54, 1.807) is 12.5 Å². The molecule has 3 fully saturated rings. The molecule has 1 saturated carbocycles. The van der Waals surface area contributed by atoms with Crippen molar-refractivity contribution in [1.82, 2.24) is 19.4 Å². The molecule has 0 radical (unpaired) electrons. The molecule has 0 N–H and O–H groups in total. The Morgan fingerprint density at radius 1 is 1.17 bits per heavy atom. The molecule has 1 aliphatic carbocycles. The minimum atomic E-state index is -0.0758. The van der Waals surface area contributed by atoms with Gasteiger partial charge in [-0.1, -0.05) is 30.3 Å². The molecule has 1 unspecified atom stereocenters. The third-order valence-electron chi connectivity index (χ3n) is 7.05. The smallest absolute Gasteiger partial charge is 0.274 e. The van der Waals surface area contributed by atoms with Crippen LogP contribution in [0.25, 0.3) is 0 Å². The van der Waals surface area contributed by atoms with Gasteiger partial charge in [-0.05, 0) is 44.1 Å². The maximum atomic E-state index is 12.8. The van der Waals surface area contributed by atoms with Gasteiger partial charge in [-0.15, -0.1) is 0 Å². The topological polar surface area (TPSA) is 50.6 Å². The number of rotatable bonds is 5. The average molecular weight is 409 g/mol. The lowest BCUT2D eigenvalue weighted by atomic mass is 9.81. The van der Waals surface area contributed by atoms with Crippen molar-refractivity contribution >= 4 is 5.91 Å². The normalized spacial score (nSPS) is 23.8. The van der Waals surface area contributed by atoms with Crippen LogP contribution in [0.15, 0.2) is 42.9 Å². The van der Waals surface area contributed by atoms with Gasteiger partial charge in [-0.2, -0.15) is 0 Å². The summed E-state index contributed by atoms with van der Waals surface area (Å²) >= 11 is 0. The fourth-order valence-electron chi connectivity index (χ4n) is 5.19. The number of carbonyl (C=O) groups excluding carboxylic acids is 1. The highest BCUT2D eigenvalue weighted by atomic mass is 16.5. The van der Waals surface area contributed by atoms with Crippen molar-refractivity contribution in [2.45, 2.75) is 62.8 Å². The summed E-state index contributed by atoms with van der Waals surface area (Å²) in [6.07, 6.45) is 10.2. The molecule has 6 heteroatoms. The lowest BCUT2D eigenvalue weighted by Crippen LogP contribution is -2.54. The van der Waals surface area contributed by atoms with E-state index in [2.05, 4.69) is 40.2 Å². The Kier molecular flexibility index (Phi) is 5.37. The van der Waals surface area contributed by atoms with Gasteiger partial charge < -0.3 is 14.2 Å². The maximum Gasteiger partial charge on any atom is 0.274 e. The summed E-state index contributed by atoms with van der Waals surface area (Å²) in [5.41, 5.74) is 1.87. The van der Waals surface area contributed by atoms with E-state index < -0.39 is 0 Å². The first-order valence-electron chi connectivity index (χ1n) is 11.3. The van der Waals surface area contributed by atoms with E-state index in [1.807, 2.05) is 16.5 Å². The first kappa shape index (κ1) is 19.8. The predicted molar refractivity (Wildman–Crippen MR) is 115 cm³/mol. The minimum Gasteiger partial charge on any atom is -0.375 e. The molecule has 1 aromatic carbocycles. The van der Waals surface area contributed by atoms with Gasteiger partial charge in [0.1, 0.15) is 5.69 Å². The summed E-state index contributed by atoms with van der Waals surface area (Å²) in [6, 6.07) is 12.2. The molecule has 160 valence electrons. The first-order valence-corrected chi connectivity index (χ1v) is 11.3. The number of piperidine rings is 1. The molecule has 3 heterocycles. The Morgan fingerprint density at radius 2 is 1.93 bits per heavy atom. The summed E-state index contributed by atoms with van der Waals surface area (Å²) in [5.74, 6) is 0.0430. The molecule has 30 heavy (non-hydrogen) atoms. The third kappa shape index (κ3) is 4.16. The number of likely N-dealkylation sites (tertiary alicyclic amines) is 1. The number of hydrogen-bond acceptors (Lipinski definition) is 4. The number of amides is 1. The quantitative estimate of drug-likeness (QED) is 0.762. The van der Waals surface area contributed by atoms with Crippen molar-refractivity contribution in [2.75, 3.05) is 19.7 Å². The monoisotopic (exact) mass is 408 g/mol. The SMILES string of the molecule is Cn1cnc(C(=O)N2CCC3(CC2)CC(N(Cc2ccccc2)C2CC2)CCO3)c1. The highest BCUT2D eigenvalue weighted by Crippen LogP contribution is 2.40. The van der Waals surface area contributed by atoms with Crippen LogP contribution in [-0.2, 0) is 18.3 Å². The molecule has 6 nitrogen and oxygen atoms in total. The zero-order valence-electron chi connectivity index (χ0n) is 17.9. The molecule has 1 spiro atoms. The highest BCUT2D eigenvalue weighted by Gasteiger charge is 2.45. The van der Waals surface area contributed by atoms with Crippen LogP contribution in [0.5, 0.6) is 0 Å². The average Bonchev–Trinajstić information content (AvgIpc) is 3.52. The molecule has 1 atom stereocenters. The van der Waals surface area contributed by atoms with E-state index in [9.17, 15) is 4.79 Å². The van der Waals surface area contributed by atoms with Crippen LogP contribution in [0.3, 0.4) is 0 Å². The molecule has 3 aliphatic rings. The summed E-state index contributed by atoms with van der Waals surface area (Å²) < 4.78 is 8.22. The van der Waals surface area contributed by atoms with Crippen molar-refractivity contribution in [3.8, 4) is 0 Å². The minimum absolute atomic E-state index is 0.0430. The van der Waals surface area contributed by atoms with Crippen molar-refractivity contribution in [3.63, 3.8) is 0 Å². The zero-order chi connectivity index (χ0) is 20.6. The molecule has 2 aliphatic heterocycles. The van der Waals surface area contributed by atoms with Crippen LogP contribution >= 0.6 is 0 Å². The predicted octanol–water partition coefficient (Wildman–Crippen LogP) is 3.24. The molecule has 0 bridgehead atoms. The van der Waals surface area contributed by atoms with Crippen LogP contribution in [-0.4, -0.2) is 62.6 Å². The number of hydrogen-bond donors (Lipinski definition) is 0. The molecule has 5 rings (SSSR count). The summed E-state index contributed by atoms with van der Waals surface area (Å²) in [5, 5.41) is 0. The third-order valence-corrected chi connectivity index (χ3v) is 7.05. The van der Waals surface area contributed by atoms with Crippen LogP contribution in [0.1, 0.15) is 54.6 Å². The van der Waals surface area contributed by atoms with Crippen LogP contribution < -0.4 is 0 Å². The zero-order valence-corrected chi connectivity index (χ0v) is 17.9. The van der Waals surface area contributed by atoms with Crippen LogP contribution in [0.4, 0.5) is 0 Å². The van der Waals surface area contributed by atoms with E-state index >= 15 is 0 Å². The Morgan fingerprint density at radius 3 is 2.60 bits per heavy atom. The summed E-state index contributed by atoms with van der Waals surface area (Å²) in [4.78, 5) is 21.7. The van der Waals surface area contributed by atoms with E-state index in [0.717, 1.165) is 58.0 Å². The van der Waals surface area contributed by atoms with Gasteiger partial charge in [0.15, 0.2) is 0 Å². The lowest BCUT2D eigenvalue weighted by Gasteiger charge is -2.48.